The summed E-state index contributed by atoms with van der Waals surface area (Å²) in [6.07, 6.45) is 0. The van der Waals surface area contributed by atoms with Gasteiger partial charge in [0.1, 0.15) is 0 Å². The number of urea groups is 1. The third kappa shape index (κ3) is 3.17. The van der Waals surface area contributed by atoms with E-state index in [-0.39, 0.29) is 6.03 Å². The number of hydrogen-bond acceptors (Lipinski definition) is 4. The molecule has 0 radical (unpaired) electrons. The van der Waals surface area contributed by atoms with Crippen LogP contribution in [0.1, 0.15) is 10.7 Å². The van der Waals surface area contributed by atoms with E-state index in [4.69, 9.17) is 4.74 Å². The number of carbonyl (C=O) groups is 1. The number of nitrogens with zero attached hydrogens (tertiary/aromatic N) is 3. The normalized spacial score (nSPS) is 16.0. The molecule has 2 heterocycles. The summed E-state index contributed by atoms with van der Waals surface area (Å²) in [7, 11) is 1.81. The lowest BCUT2D eigenvalue weighted by atomic mass is 10.4. The van der Waals surface area contributed by atoms with Gasteiger partial charge in [0, 0.05) is 25.5 Å². The topological polar surface area (TPSA) is 45.7 Å². The predicted molar refractivity (Wildman–Crippen MR) is 66.1 cm³/mol. The number of aromatic nitrogens is 1. The molecule has 17 heavy (non-hydrogen) atoms. The van der Waals surface area contributed by atoms with E-state index in [2.05, 4.69) is 4.98 Å². The second-order valence-electron chi connectivity index (χ2n) is 4.10. The Morgan fingerprint density at radius 1 is 1.59 bits per heavy atom. The summed E-state index contributed by atoms with van der Waals surface area (Å²) in [5, 5.41) is 3.03. The van der Waals surface area contributed by atoms with Gasteiger partial charge < -0.3 is 14.5 Å². The highest BCUT2D eigenvalue weighted by atomic mass is 32.1. The zero-order valence-electron chi connectivity index (χ0n) is 10.2. The van der Waals surface area contributed by atoms with Crippen molar-refractivity contribution in [3.8, 4) is 0 Å². The number of carbonyl (C=O) groups excluding carboxylic acids is 1. The van der Waals surface area contributed by atoms with Crippen molar-refractivity contribution in [1.82, 2.24) is 14.8 Å². The molecular weight excluding hydrogens is 238 g/mol. The summed E-state index contributed by atoms with van der Waals surface area (Å²) < 4.78 is 5.23. The van der Waals surface area contributed by atoms with Gasteiger partial charge >= 0.3 is 6.03 Å². The Kier molecular flexibility index (Phi) is 3.96. The van der Waals surface area contributed by atoms with Crippen molar-refractivity contribution in [1.29, 1.82) is 0 Å². The Morgan fingerprint density at radius 2 is 2.29 bits per heavy atom. The van der Waals surface area contributed by atoms with Crippen LogP contribution < -0.4 is 0 Å². The monoisotopic (exact) mass is 255 g/mol. The predicted octanol–water partition coefficient (Wildman–Crippen LogP) is 1.34. The van der Waals surface area contributed by atoms with E-state index in [9.17, 15) is 4.79 Å². The van der Waals surface area contributed by atoms with Crippen molar-refractivity contribution >= 4 is 17.4 Å². The van der Waals surface area contributed by atoms with Gasteiger partial charge in [0.25, 0.3) is 0 Å². The molecule has 2 amide bonds. The smallest absolute Gasteiger partial charge is 0.320 e. The van der Waals surface area contributed by atoms with Crippen LogP contribution in [0, 0.1) is 6.92 Å². The summed E-state index contributed by atoms with van der Waals surface area (Å²) in [5.41, 5.74) is 0.955. The Balaban J connectivity index is 1.90. The van der Waals surface area contributed by atoms with Crippen molar-refractivity contribution in [3.05, 3.63) is 16.1 Å². The largest absolute Gasteiger partial charge is 0.378 e. The van der Waals surface area contributed by atoms with Gasteiger partial charge in [0.2, 0.25) is 0 Å². The van der Waals surface area contributed by atoms with Crippen LogP contribution in [0.15, 0.2) is 5.38 Å². The Bertz CT molecular complexity index is 388. The van der Waals surface area contributed by atoms with E-state index in [0.29, 0.717) is 32.8 Å². The van der Waals surface area contributed by atoms with Crippen LogP contribution >= 0.6 is 11.3 Å². The zero-order chi connectivity index (χ0) is 12.3. The molecule has 1 aliphatic rings. The summed E-state index contributed by atoms with van der Waals surface area (Å²) in [6.45, 7) is 5.17. The van der Waals surface area contributed by atoms with Crippen molar-refractivity contribution in [3.63, 3.8) is 0 Å². The minimum atomic E-state index is 0.0546. The van der Waals surface area contributed by atoms with Gasteiger partial charge in [-0.3, -0.25) is 0 Å². The molecule has 0 spiro atoms. The van der Waals surface area contributed by atoms with E-state index in [1.807, 2.05) is 24.3 Å². The van der Waals surface area contributed by atoms with Crippen molar-refractivity contribution in [2.75, 3.05) is 33.4 Å². The molecule has 0 unspecified atom stereocenters. The summed E-state index contributed by atoms with van der Waals surface area (Å²) in [4.78, 5) is 20.0. The molecular formula is C11H17N3O2S. The van der Waals surface area contributed by atoms with E-state index in [1.165, 1.54) is 0 Å². The first kappa shape index (κ1) is 12.3. The lowest BCUT2D eigenvalue weighted by molar-refractivity contribution is 0.0447. The average Bonchev–Trinajstić information content (AvgIpc) is 2.75. The molecule has 5 nitrogen and oxygen atoms in total. The van der Waals surface area contributed by atoms with E-state index in [0.717, 1.165) is 10.7 Å². The highest BCUT2D eigenvalue weighted by Gasteiger charge is 2.20. The molecule has 0 saturated carbocycles. The summed E-state index contributed by atoms with van der Waals surface area (Å²) in [6, 6.07) is 0.0546. The van der Waals surface area contributed by atoms with Crippen molar-refractivity contribution in [2.45, 2.75) is 13.5 Å². The molecule has 0 N–H and O–H groups in total. The van der Waals surface area contributed by atoms with Crippen LogP contribution in [0.4, 0.5) is 4.79 Å². The number of amides is 2. The fraction of sp³-hybridized carbons (Fsp3) is 0.636. The first-order valence-electron chi connectivity index (χ1n) is 5.65. The molecule has 1 aromatic heterocycles. The third-order valence-corrected chi connectivity index (χ3v) is 3.50. The van der Waals surface area contributed by atoms with Gasteiger partial charge in [-0.25, -0.2) is 9.78 Å². The number of aryl methyl sites for hydroxylation is 1. The maximum atomic E-state index is 12.1. The Hall–Kier alpha value is -1.14. The quantitative estimate of drug-likeness (QED) is 0.801. The third-order valence-electron chi connectivity index (χ3n) is 2.67. The zero-order valence-corrected chi connectivity index (χ0v) is 11.0. The molecule has 1 aromatic rings. The average molecular weight is 255 g/mol. The fourth-order valence-electron chi connectivity index (χ4n) is 1.79. The number of rotatable bonds is 2. The molecule has 1 saturated heterocycles. The van der Waals surface area contributed by atoms with Gasteiger partial charge in [-0.15, -0.1) is 11.3 Å². The molecule has 6 heteroatoms. The molecule has 0 aromatic carbocycles. The highest BCUT2D eigenvalue weighted by molar-refractivity contribution is 7.09. The summed E-state index contributed by atoms with van der Waals surface area (Å²) >= 11 is 1.61. The molecule has 1 fully saturated rings. The molecule has 0 atom stereocenters. The second kappa shape index (κ2) is 5.46. The molecule has 0 aliphatic carbocycles. The number of ether oxygens (including phenoxy) is 1. The van der Waals surface area contributed by atoms with Gasteiger partial charge in [-0.1, -0.05) is 0 Å². The first-order chi connectivity index (χ1) is 8.16. The Labute approximate surface area is 105 Å². The number of hydrogen-bond donors (Lipinski definition) is 0. The summed E-state index contributed by atoms with van der Waals surface area (Å²) in [5.74, 6) is 0. The molecule has 1 aliphatic heterocycles. The van der Waals surface area contributed by atoms with Gasteiger partial charge in [-0.2, -0.15) is 0 Å². The second-order valence-corrected chi connectivity index (χ2v) is 5.16. The van der Waals surface area contributed by atoms with Crippen LogP contribution in [0.3, 0.4) is 0 Å². The highest BCUT2D eigenvalue weighted by Crippen LogP contribution is 2.11. The minimum Gasteiger partial charge on any atom is -0.378 e. The van der Waals surface area contributed by atoms with Gasteiger partial charge in [-0.05, 0) is 6.92 Å². The van der Waals surface area contributed by atoms with Crippen LogP contribution in [0.25, 0.3) is 0 Å². The van der Waals surface area contributed by atoms with Crippen molar-refractivity contribution in [2.24, 2.45) is 0 Å². The number of morpholine rings is 1. The fourth-order valence-corrected chi connectivity index (χ4v) is 2.39. The molecule has 94 valence electrons. The van der Waals surface area contributed by atoms with Crippen LogP contribution in [-0.4, -0.2) is 54.2 Å². The lowest BCUT2D eigenvalue weighted by Gasteiger charge is -2.30. The lowest BCUT2D eigenvalue weighted by Crippen LogP contribution is -2.46. The maximum Gasteiger partial charge on any atom is 0.320 e. The van der Waals surface area contributed by atoms with Crippen LogP contribution in [0.5, 0.6) is 0 Å². The van der Waals surface area contributed by atoms with E-state index < -0.39 is 0 Å². The first-order valence-corrected chi connectivity index (χ1v) is 6.53. The maximum absolute atomic E-state index is 12.1. The van der Waals surface area contributed by atoms with Crippen LogP contribution in [0.2, 0.25) is 0 Å². The van der Waals surface area contributed by atoms with Gasteiger partial charge in [0.15, 0.2) is 0 Å². The van der Waals surface area contributed by atoms with Gasteiger partial charge in [0.05, 0.1) is 30.5 Å². The molecule has 0 bridgehead atoms. The minimum absolute atomic E-state index is 0.0546. The SMILES string of the molecule is Cc1nc(CN(C)C(=O)N2CCOCC2)cs1. The van der Waals surface area contributed by atoms with Crippen molar-refractivity contribution < 1.29 is 9.53 Å². The molecule has 2 rings (SSSR count). The standard InChI is InChI=1S/C11H17N3O2S/c1-9-12-10(8-17-9)7-13(2)11(15)14-3-5-16-6-4-14/h8H,3-7H2,1-2H3. The van der Waals surface area contributed by atoms with Crippen LogP contribution in [-0.2, 0) is 11.3 Å². The number of thiazole rings is 1. The Morgan fingerprint density at radius 3 is 2.88 bits per heavy atom. The van der Waals surface area contributed by atoms with E-state index >= 15 is 0 Å². The van der Waals surface area contributed by atoms with E-state index in [1.54, 1.807) is 16.2 Å².